The van der Waals surface area contributed by atoms with Gasteiger partial charge in [0.05, 0.1) is 94.8 Å². The predicted molar refractivity (Wildman–Crippen MR) is 517 cm³/mol. The molecule has 0 bridgehead atoms. The molecule has 57 nitrogen and oxygen atoms in total. The zero-order valence-electron chi connectivity index (χ0n) is 75.3. The van der Waals surface area contributed by atoms with Crippen LogP contribution in [0.15, 0.2) is 97.8 Å². The highest BCUT2D eigenvalue weighted by Crippen LogP contribution is 2.59. The van der Waals surface area contributed by atoms with Gasteiger partial charge in [0.25, 0.3) is 22.2 Å². The van der Waals surface area contributed by atoms with Crippen LogP contribution < -0.4 is 73.6 Å². The van der Waals surface area contributed by atoms with Gasteiger partial charge in [0.1, 0.15) is 104 Å². The van der Waals surface area contributed by atoms with Gasteiger partial charge in [-0.15, -0.1) is 0 Å². The van der Waals surface area contributed by atoms with E-state index in [4.69, 9.17) is 196 Å². The lowest BCUT2D eigenvalue weighted by Crippen LogP contribution is -2.33. The fourth-order valence-electron chi connectivity index (χ4n) is 16.2. The molecule has 7 unspecified atom stereocenters. The number of imidazole rings is 1. The average Bonchev–Trinajstić information content (AvgIpc) is 1.66. The Labute approximate surface area is 834 Å². The van der Waals surface area contributed by atoms with E-state index in [0.29, 0.717) is 11.1 Å². The molecule has 28 atom stereocenters. The van der Waals surface area contributed by atoms with Gasteiger partial charge in [-0.2, -0.15) is 9.97 Å². The Morgan fingerprint density at radius 2 is 0.577 bits per heavy atom. The second-order valence-electron chi connectivity index (χ2n) is 33.5. The number of nitrogens with one attached hydrogen (secondary N) is 4. The van der Waals surface area contributed by atoms with Crippen molar-refractivity contribution >= 4 is 158 Å². The Hall–Kier alpha value is -6.14. The van der Waals surface area contributed by atoms with Gasteiger partial charge in [-0.1, -0.05) is 0 Å². The Morgan fingerprint density at radius 3 is 0.859 bits per heavy atom. The van der Waals surface area contributed by atoms with Crippen molar-refractivity contribution < 1.29 is 131 Å². The molecule has 8 aromatic heterocycles. The summed E-state index contributed by atoms with van der Waals surface area (Å²) in [6.45, 7) is -25.9. The van der Waals surface area contributed by atoms with E-state index in [1.807, 2.05) is 0 Å². The normalized spacial score (nSPS) is 29.9. The van der Waals surface area contributed by atoms with Crippen LogP contribution in [0, 0.1) is 41.5 Å². The van der Waals surface area contributed by atoms with Crippen LogP contribution in [0.1, 0.15) is 129 Å². The summed E-state index contributed by atoms with van der Waals surface area (Å²) in [4.78, 5) is 242. The molecular formula is C71H96N19O38P7S7. The molecule has 71 heteroatoms. The Morgan fingerprint density at radius 1 is 0.338 bits per heavy atom. The smallest absolute Gasteiger partial charge is 0.351 e. The summed E-state index contributed by atoms with van der Waals surface area (Å²) in [7, 11) is 1.10. The van der Waals surface area contributed by atoms with E-state index < -0.39 is 291 Å². The number of nitrogens with zero attached hydrogens (tertiary/aromatic N) is 12. The van der Waals surface area contributed by atoms with Gasteiger partial charge in [0, 0.05) is 123 Å². The summed E-state index contributed by atoms with van der Waals surface area (Å²) < 4.78 is 135. The molecule has 0 spiro atoms. The SMILES string of the molecule is COP(O)(=S)O[C@@H]1C[C@H](n2cc(C)c(N)nc2=O)O[C@@H]1COP(O)(=S)O[C@@H]1C[C@H](n2cc(C)c(=O)[nH]c2=O)O[C@@H]1COP(O)(=S)O[C@@H]1C[C@H](n2cc(C)c(N)nc2=O)O[C@@H]1COP(O)(=S)O[C@@H]1C[C@H](n2cc(C)c(=O)[nH]c2=O)O[C@@H]1COP(O)(=S)O[C@@H]1C[C@H](n2cc(C)c(=O)[nH]c2=O)O[C@@H]1COP(O)(=S)O[C@@H]1C[C@H](n2cnc3c(N)ncnc32)O[C@@H]1COP(O)(=S)O[C@@H]1C[C@H](n2cc(C)c(=O)[nH]c2=O)O[C@@H]1C. The largest absolute Gasteiger partial charge is 0.383 e. The van der Waals surface area contributed by atoms with Crippen LogP contribution in [0.3, 0.4) is 0 Å². The number of aryl methyl sites for hydroxylation is 6. The number of anilines is 3. The van der Waals surface area contributed by atoms with Crippen molar-refractivity contribution in [2.24, 2.45) is 0 Å². The third kappa shape index (κ3) is 26.5. The number of nitrogen functional groups attached to an aromatic ring is 3. The van der Waals surface area contributed by atoms with Crippen molar-refractivity contribution in [3.05, 3.63) is 188 Å². The summed E-state index contributed by atoms with van der Waals surface area (Å²) in [6.07, 6.45) is -19.4. The molecule has 7 saturated heterocycles. The molecule has 0 amide bonds. The highest BCUT2D eigenvalue weighted by Gasteiger charge is 2.52. The number of H-pyrrole nitrogens is 4. The first-order chi connectivity index (χ1) is 66.5. The number of aromatic amines is 4. The number of rotatable bonds is 40. The minimum absolute atomic E-state index is 0.0200. The second kappa shape index (κ2) is 44.2. The molecule has 0 saturated carbocycles. The summed E-state index contributed by atoms with van der Waals surface area (Å²) in [5.41, 5.74) is 11.2. The number of ether oxygens (including phenoxy) is 7. The van der Waals surface area contributed by atoms with Crippen LogP contribution in [0.5, 0.6) is 0 Å². The van der Waals surface area contributed by atoms with E-state index in [0.717, 1.165) is 40.7 Å². The van der Waals surface area contributed by atoms with E-state index in [-0.39, 0.29) is 76.6 Å². The maximum atomic E-state index is 13.6. The Kier molecular flexibility index (Phi) is 34.2. The first kappa shape index (κ1) is 110. The highest BCUT2D eigenvalue weighted by molar-refractivity contribution is 8.09. The van der Waals surface area contributed by atoms with Gasteiger partial charge in [-0.05, 0) is 131 Å². The standard InChI is InChI=1S/C71H96N19O38P7S7/c1-30-16-84(66(95)78-58(30)72)51-10-38(123-129(101,136)108-8)44(116-51)22-110-131(103,138)125-40-12-53(87-19-33(4)63(92)81-69(87)98)118-46(40)24-112-132(104,139)124-39-11-52(85-17-31(2)59(73)79-67(85)96)117-45(39)23-111-133(105,140)126-41-13-54(88-20-34(5)64(93)82-70(88)99)119-47(41)25-113-134(106,141)127-42-14-55(89-21-35(6)65(94)83-71(89)100)120-48(42)26-114-135(107,142)128-43-15-56(90-29-77-57-60(74)75-28-76-61(57)90)121-49(43)27-109-130(102,137)122-37-9-50(115-36(37)7)86-18-32(3)62(91)80-68(86)97/h16-21,28-29,36-56H,9-15,22-27H2,1-8H3,(H,101,136)(H,102,137)(H,103,138)(H,104,139)(H,105,140)(H,106,141)(H,107,142)(H2,72,78,95)(H2,73,79,96)(H2,74,75,76)(H,80,91,97)(H,81,92,98)(H,82,93,99)(H,83,94,100)/t36-,37-,38-,39-,40-,41-,42-,43-,44-,45-,46-,47-,48-,49-,50-,51-,52-,53-,54-,55-,56-,129?,130?,131?,132?,133?,134?,135?/m1/s1. The maximum Gasteiger partial charge on any atom is 0.351 e. The van der Waals surface area contributed by atoms with Gasteiger partial charge >= 0.3 is 81.2 Å². The monoisotopic (exact) mass is 2260 g/mol. The van der Waals surface area contributed by atoms with E-state index in [9.17, 15) is 82.2 Å². The molecule has 0 radical (unpaired) electrons. The Balaban J connectivity index is 0.632. The highest BCUT2D eigenvalue weighted by atomic mass is 32.5. The number of hydrogen-bond acceptors (Lipinski definition) is 46. The second-order valence-corrected chi connectivity index (χ2v) is 53.1. The minimum atomic E-state index is -4.79. The summed E-state index contributed by atoms with van der Waals surface area (Å²) in [5.74, 6) is -0.172. The van der Waals surface area contributed by atoms with Crippen molar-refractivity contribution in [2.75, 3.05) is 64.0 Å². The third-order valence-electron chi connectivity index (χ3n) is 23.4. The number of fused-ring (bicyclic) bond motifs is 1. The molecule has 8 aromatic rings. The molecule has 0 aliphatic carbocycles. The van der Waals surface area contributed by atoms with Crippen molar-refractivity contribution in [1.82, 2.24) is 76.8 Å². The zero-order valence-corrected chi connectivity index (χ0v) is 87.3. The molecule has 780 valence electrons. The van der Waals surface area contributed by atoms with Crippen LogP contribution in [0.25, 0.3) is 11.2 Å². The summed E-state index contributed by atoms with van der Waals surface area (Å²) >= 11 is 38.7. The van der Waals surface area contributed by atoms with Crippen LogP contribution in [0.4, 0.5) is 17.5 Å². The number of nitrogens with two attached hydrogens (primary N) is 3. The van der Waals surface area contributed by atoms with Gasteiger partial charge < -0.3 is 148 Å². The quantitative estimate of drug-likeness (QED) is 0.0227. The van der Waals surface area contributed by atoms with Crippen molar-refractivity contribution in [3.63, 3.8) is 0 Å². The van der Waals surface area contributed by atoms with Crippen molar-refractivity contribution in [2.45, 2.75) is 222 Å². The molecule has 142 heavy (non-hydrogen) atoms. The lowest BCUT2D eigenvalue weighted by molar-refractivity contribution is -0.0581. The van der Waals surface area contributed by atoms with Gasteiger partial charge in [0.2, 0.25) is 0 Å². The summed E-state index contributed by atoms with van der Waals surface area (Å²) in [6, 6.07) is 0. The molecule has 15 rings (SSSR count). The average molecular weight is 2260 g/mol. The van der Waals surface area contributed by atoms with E-state index in [1.165, 1.54) is 82.8 Å². The third-order valence-corrected chi connectivity index (χ3v) is 34.7. The fourth-order valence-corrected chi connectivity index (χ4v) is 26.0. The molecule has 7 fully saturated rings. The first-order valence-corrected chi connectivity index (χ1v) is 60.7. The molecule has 17 N–H and O–H groups in total. The lowest BCUT2D eigenvalue weighted by Gasteiger charge is -2.29. The van der Waals surface area contributed by atoms with Crippen molar-refractivity contribution in [3.8, 4) is 0 Å². The minimum Gasteiger partial charge on any atom is -0.383 e. The zero-order chi connectivity index (χ0) is 103. The first-order valence-electron chi connectivity index (χ1n) is 42.6. The Bertz CT molecular complexity index is 7160. The fraction of sp³-hybridized carbons (Fsp3) is 0.592. The van der Waals surface area contributed by atoms with Gasteiger partial charge in [-0.25, -0.2) is 43.7 Å². The molecule has 7 aliphatic heterocycles. The number of aromatic nitrogens is 16. The predicted octanol–water partition coefficient (Wildman–Crippen LogP) is 0.130. The molecular weight excluding hydrogens is 2170 g/mol. The molecule has 0 aromatic carbocycles. The van der Waals surface area contributed by atoms with E-state index in [1.54, 1.807) is 13.8 Å². The van der Waals surface area contributed by atoms with Crippen LogP contribution in [-0.2, 0) is 179 Å². The van der Waals surface area contributed by atoms with E-state index in [2.05, 4.69) is 44.9 Å². The molecule has 7 aliphatic rings. The van der Waals surface area contributed by atoms with E-state index >= 15 is 0 Å². The van der Waals surface area contributed by atoms with Gasteiger partial charge in [0.15, 0.2) is 11.5 Å². The van der Waals surface area contributed by atoms with Crippen LogP contribution >= 0.6 is 47.0 Å². The molecule has 15 heterocycles. The maximum absolute atomic E-state index is 13.6. The summed E-state index contributed by atoms with van der Waals surface area (Å²) in [5, 5.41) is 0. The lowest BCUT2D eigenvalue weighted by atomic mass is 10.2. The van der Waals surface area contributed by atoms with Crippen LogP contribution in [0.2, 0.25) is 0 Å². The topological polar surface area (TPSA) is 746 Å². The van der Waals surface area contributed by atoms with Crippen LogP contribution in [-0.4, -0.2) is 243 Å². The number of hydrogen-bond donors (Lipinski definition) is 14. The van der Waals surface area contributed by atoms with Gasteiger partial charge in [-0.3, -0.25) is 71.1 Å². The van der Waals surface area contributed by atoms with Crippen molar-refractivity contribution in [1.29, 1.82) is 0 Å².